The van der Waals surface area contributed by atoms with Gasteiger partial charge in [-0.05, 0) is 22.6 Å². The van der Waals surface area contributed by atoms with Crippen LogP contribution >= 0.6 is 22.6 Å². The fourth-order valence-electron chi connectivity index (χ4n) is 0.778. The van der Waals surface area contributed by atoms with E-state index in [0.717, 1.165) is 0 Å². The van der Waals surface area contributed by atoms with E-state index >= 15 is 0 Å². The predicted octanol–water partition coefficient (Wildman–Crippen LogP) is -0.596. The minimum Gasteiger partial charge on any atom is -0.387 e. The van der Waals surface area contributed by atoms with Gasteiger partial charge >= 0.3 is 0 Å². The molecule has 3 atom stereocenters. The molecule has 0 aromatic rings. The van der Waals surface area contributed by atoms with Gasteiger partial charge in [0, 0.05) is 0 Å². The lowest BCUT2D eigenvalue weighted by molar-refractivity contribution is -0.00553. The Balaban J connectivity index is 2.49. The van der Waals surface area contributed by atoms with Gasteiger partial charge in [-0.2, -0.15) is 0 Å². The highest BCUT2D eigenvalue weighted by Gasteiger charge is 2.38. The second kappa shape index (κ2) is 3.31. The number of ether oxygens (including phenoxy) is 1. The van der Waals surface area contributed by atoms with Crippen LogP contribution in [0.15, 0.2) is 0 Å². The molecule has 59 valence electrons. The second-order valence-corrected chi connectivity index (χ2v) is 3.36. The van der Waals surface area contributed by atoms with Crippen LogP contribution < -0.4 is 0 Å². The van der Waals surface area contributed by atoms with E-state index in [-0.39, 0.29) is 12.7 Å². The quantitative estimate of drug-likeness (QED) is 0.434. The van der Waals surface area contributed by atoms with Crippen LogP contribution in [0.4, 0.5) is 0 Å². The summed E-state index contributed by atoms with van der Waals surface area (Å²) in [5, 5.41) is 26.8. The summed E-state index contributed by atoms with van der Waals surface area (Å²) >= 11 is 1.72. The minimum absolute atomic E-state index is 0.0197. The van der Waals surface area contributed by atoms with Crippen molar-refractivity contribution in [2.45, 2.75) is 16.3 Å². The van der Waals surface area contributed by atoms with Crippen LogP contribution in [0.25, 0.3) is 0 Å². The van der Waals surface area contributed by atoms with Gasteiger partial charge in [-0.15, -0.1) is 0 Å². The Kier molecular flexibility index (Phi) is 2.87. The predicted molar refractivity (Wildman–Crippen MR) is 41.0 cm³/mol. The van der Waals surface area contributed by atoms with E-state index in [1.165, 1.54) is 0 Å². The molecule has 0 aromatic heterocycles. The van der Waals surface area contributed by atoms with Gasteiger partial charge in [0.2, 0.25) is 0 Å². The molecule has 4 nitrogen and oxygen atoms in total. The van der Waals surface area contributed by atoms with Crippen molar-refractivity contribution in [2.24, 2.45) is 0 Å². The Morgan fingerprint density at radius 2 is 2.30 bits per heavy atom. The molecule has 1 aliphatic rings. The van der Waals surface area contributed by atoms with Crippen molar-refractivity contribution in [3.05, 3.63) is 6.10 Å². The fourth-order valence-corrected chi connectivity index (χ4v) is 1.38. The van der Waals surface area contributed by atoms with Gasteiger partial charge < -0.3 is 20.1 Å². The number of hydrogen-bond acceptors (Lipinski definition) is 4. The van der Waals surface area contributed by atoms with E-state index in [1.807, 2.05) is 0 Å². The van der Waals surface area contributed by atoms with Crippen molar-refractivity contribution >= 4 is 22.6 Å². The second-order valence-electron chi connectivity index (χ2n) is 2.08. The summed E-state index contributed by atoms with van der Waals surface area (Å²) in [6.45, 7) is 0.0197. The summed E-state index contributed by atoms with van der Waals surface area (Å²) in [5.41, 5.74) is 0. The van der Waals surface area contributed by atoms with Crippen molar-refractivity contribution in [3.63, 3.8) is 0 Å². The number of halogens is 1. The average Bonchev–Trinajstić information content (AvgIpc) is 2.14. The molecule has 10 heavy (non-hydrogen) atoms. The summed E-state index contributed by atoms with van der Waals surface area (Å²) < 4.78 is 4.06. The molecule has 1 unspecified atom stereocenters. The monoisotopic (exact) mass is 259 g/mol. The third-order valence-corrected chi connectivity index (χ3v) is 2.06. The standard InChI is InChI=1S/C5H8IO4/c6-5(9)4-3(8)2(7)1-10-4/h3-5,7-9H,1H2/t3-,4-,5?/m0/s1. The molecule has 0 bridgehead atoms. The zero-order chi connectivity index (χ0) is 7.72. The van der Waals surface area contributed by atoms with Crippen molar-refractivity contribution in [2.75, 3.05) is 6.61 Å². The Morgan fingerprint density at radius 3 is 2.50 bits per heavy atom. The number of alkyl halides is 1. The molecular formula is C5H8IO4. The highest BCUT2D eigenvalue weighted by Crippen LogP contribution is 2.24. The highest BCUT2D eigenvalue weighted by atomic mass is 127. The minimum atomic E-state index is -1.04. The maximum absolute atomic E-state index is 9.05. The van der Waals surface area contributed by atoms with Crippen LogP contribution in [-0.2, 0) is 4.74 Å². The van der Waals surface area contributed by atoms with Crippen LogP contribution in [0.3, 0.4) is 0 Å². The Bertz CT molecular complexity index is 118. The molecule has 1 fully saturated rings. The molecular weight excluding hydrogens is 251 g/mol. The van der Waals surface area contributed by atoms with Crippen LogP contribution in [0.2, 0.25) is 0 Å². The van der Waals surface area contributed by atoms with Crippen LogP contribution in [-0.4, -0.2) is 38.2 Å². The maximum Gasteiger partial charge on any atom is 0.150 e. The highest BCUT2D eigenvalue weighted by molar-refractivity contribution is 14.1. The molecule has 1 heterocycles. The average molecular weight is 259 g/mol. The molecule has 0 spiro atoms. The summed E-state index contributed by atoms with van der Waals surface area (Å²) in [6.07, 6.45) is -1.83. The molecule has 1 rings (SSSR count). The SMILES string of the molecule is O[C]1CO[C@H](C(O)I)[C@H]1O. The largest absolute Gasteiger partial charge is 0.387 e. The van der Waals surface area contributed by atoms with Gasteiger partial charge in [0.25, 0.3) is 0 Å². The summed E-state index contributed by atoms with van der Waals surface area (Å²) in [5.74, 6) is 0. The van der Waals surface area contributed by atoms with Crippen LogP contribution in [0.5, 0.6) is 0 Å². The van der Waals surface area contributed by atoms with E-state index in [4.69, 9.17) is 20.1 Å². The third kappa shape index (κ3) is 1.59. The van der Waals surface area contributed by atoms with E-state index in [1.54, 1.807) is 22.6 Å². The molecule has 5 heteroatoms. The summed E-state index contributed by atoms with van der Waals surface area (Å²) in [6, 6.07) is 0. The zero-order valence-electron chi connectivity index (χ0n) is 5.07. The van der Waals surface area contributed by atoms with Crippen LogP contribution in [0.1, 0.15) is 0 Å². The van der Waals surface area contributed by atoms with Crippen LogP contribution in [0, 0.1) is 6.10 Å². The smallest absolute Gasteiger partial charge is 0.150 e. The molecule has 0 saturated carbocycles. The van der Waals surface area contributed by atoms with Gasteiger partial charge in [0.05, 0.1) is 6.61 Å². The number of rotatable bonds is 1. The number of aliphatic hydroxyl groups is 3. The Labute approximate surface area is 72.0 Å². The number of aliphatic hydroxyl groups excluding tert-OH is 3. The summed E-state index contributed by atoms with van der Waals surface area (Å²) in [7, 11) is 0. The molecule has 1 radical (unpaired) electrons. The van der Waals surface area contributed by atoms with Crippen molar-refractivity contribution < 1.29 is 20.1 Å². The van der Waals surface area contributed by atoms with Gasteiger partial charge in [-0.1, -0.05) is 0 Å². The van der Waals surface area contributed by atoms with Gasteiger partial charge in [-0.25, -0.2) is 0 Å². The van der Waals surface area contributed by atoms with Gasteiger partial charge in [0.1, 0.15) is 22.4 Å². The molecule has 1 saturated heterocycles. The lowest BCUT2D eigenvalue weighted by Crippen LogP contribution is -2.32. The molecule has 1 aliphatic heterocycles. The third-order valence-electron chi connectivity index (χ3n) is 1.35. The first kappa shape index (κ1) is 8.66. The van der Waals surface area contributed by atoms with Crippen molar-refractivity contribution in [1.29, 1.82) is 0 Å². The molecule has 0 amide bonds. The summed E-state index contributed by atoms with van der Waals surface area (Å²) in [4.78, 5) is 0. The van der Waals surface area contributed by atoms with E-state index in [9.17, 15) is 0 Å². The van der Waals surface area contributed by atoms with E-state index in [2.05, 4.69) is 0 Å². The lowest BCUT2D eigenvalue weighted by atomic mass is 10.2. The van der Waals surface area contributed by atoms with E-state index in [0.29, 0.717) is 0 Å². The normalized spacial score (nSPS) is 38.4. The maximum atomic E-state index is 9.05. The molecule has 0 aromatic carbocycles. The first-order valence-electron chi connectivity index (χ1n) is 2.79. The number of hydrogen-bond donors (Lipinski definition) is 3. The van der Waals surface area contributed by atoms with E-state index < -0.39 is 16.3 Å². The first-order chi connectivity index (χ1) is 4.63. The first-order valence-corrected chi connectivity index (χ1v) is 4.04. The van der Waals surface area contributed by atoms with Crippen molar-refractivity contribution in [3.8, 4) is 0 Å². The topological polar surface area (TPSA) is 69.9 Å². The lowest BCUT2D eigenvalue weighted by Gasteiger charge is -2.15. The van der Waals surface area contributed by atoms with Gasteiger partial charge in [0.15, 0.2) is 0 Å². The molecule has 3 N–H and O–H groups in total. The Hall–Kier alpha value is 0.570. The van der Waals surface area contributed by atoms with Crippen molar-refractivity contribution in [1.82, 2.24) is 0 Å². The molecule has 0 aliphatic carbocycles. The zero-order valence-corrected chi connectivity index (χ0v) is 7.22. The fraction of sp³-hybridized carbons (Fsp3) is 0.800. The Morgan fingerprint density at radius 1 is 1.70 bits per heavy atom. The van der Waals surface area contributed by atoms with Gasteiger partial charge in [-0.3, -0.25) is 0 Å².